The molecule has 1 saturated heterocycles. The lowest BCUT2D eigenvalue weighted by molar-refractivity contribution is 0.0632. The van der Waals surface area contributed by atoms with Gasteiger partial charge in [-0.05, 0) is 38.8 Å². The first-order valence-electron chi connectivity index (χ1n) is 4.61. The molecule has 3 heteroatoms. The van der Waals surface area contributed by atoms with Crippen LogP contribution in [0.2, 0.25) is 0 Å². The maximum Gasteiger partial charge on any atom is 0.115 e. The number of hydrogen-bond donors (Lipinski definition) is 1. The van der Waals surface area contributed by atoms with E-state index in [-0.39, 0.29) is 18.5 Å². The first-order valence-corrected chi connectivity index (χ1v) is 4.61. The molecule has 0 bridgehead atoms. The average Bonchev–Trinajstić information content (AvgIpc) is 2.16. The van der Waals surface area contributed by atoms with Crippen LogP contribution in [0.4, 0.5) is 0 Å². The Morgan fingerprint density at radius 1 is 1.54 bits per heavy atom. The number of piperidine rings is 1. The molecule has 1 N–H and O–H groups in total. The minimum Gasteiger partial charge on any atom is -0.366 e. The zero-order chi connectivity index (χ0) is 8.81. The van der Waals surface area contributed by atoms with Crippen molar-refractivity contribution in [2.75, 3.05) is 19.7 Å². The molecule has 0 saturated carbocycles. The standard InChI is InChI=1S/C10H17NO.ClH/c1-3-9(2)12-8-10-4-6-11-7-5-10;/h1,9-11H,4-8H2,2H3;1H. The van der Waals surface area contributed by atoms with Gasteiger partial charge in [0.25, 0.3) is 0 Å². The third-order valence-electron chi connectivity index (χ3n) is 2.28. The third kappa shape index (κ3) is 5.15. The van der Waals surface area contributed by atoms with Crippen molar-refractivity contribution in [2.24, 2.45) is 5.92 Å². The first-order chi connectivity index (χ1) is 5.83. The highest BCUT2D eigenvalue weighted by molar-refractivity contribution is 5.85. The molecular weight excluding hydrogens is 186 g/mol. The minimum atomic E-state index is -0.0279. The second-order valence-electron chi connectivity index (χ2n) is 3.34. The van der Waals surface area contributed by atoms with Gasteiger partial charge in [0.15, 0.2) is 0 Å². The van der Waals surface area contributed by atoms with Crippen LogP contribution in [0.1, 0.15) is 19.8 Å². The summed E-state index contributed by atoms with van der Waals surface area (Å²) < 4.78 is 5.47. The first kappa shape index (κ1) is 12.8. The number of hydrogen-bond acceptors (Lipinski definition) is 2. The Bertz CT molecular complexity index is 161. The smallest absolute Gasteiger partial charge is 0.115 e. The highest BCUT2D eigenvalue weighted by Crippen LogP contribution is 2.12. The molecule has 1 heterocycles. The van der Waals surface area contributed by atoms with Gasteiger partial charge in [-0.15, -0.1) is 18.8 Å². The Morgan fingerprint density at radius 2 is 2.15 bits per heavy atom. The molecular formula is C10H18ClNO. The summed E-state index contributed by atoms with van der Waals surface area (Å²) in [4.78, 5) is 0. The molecule has 1 aliphatic heterocycles. The number of terminal acetylenes is 1. The Hall–Kier alpha value is -0.230. The van der Waals surface area contributed by atoms with Gasteiger partial charge in [-0.25, -0.2) is 0 Å². The summed E-state index contributed by atoms with van der Waals surface area (Å²) in [6, 6.07) is 0. The van der Waals surface area contributed by atoms with Crippen molar-refractivity contribution in [2.45, 2.75) is 25.9 Å². The van der Waals surface area contributed by atoms with Crippen molar-refractivity contribution in [1.29, 1.82) is 0 Å². The lowest BCUT2D eigenvalue weighted by Crippen LogP contribution is -2.30. The Balaban J connectivity index is 0.00000144. The number of halogens is 1. The summed E-state index contributed by atoms with van der Waals surface area (Å²) in [6.45, 7) is 4.99. The molecule has 1 aliphatic rings. The zero-order valence-corrected chi connectivity index (χ0v) is 8.90. The largest absolute Gasteiger partial charge is 0.366 e. The van der Waals surface area contributed by atoms with Crippen molar-refractivity contribution < 1.29 is 4.74 Å². The monoisotopic (exact) mass is 203 g/mol. The average molecular weight is 204 g/mol. The second kappa shape index (κ2) is 7.20. The Kier molecular flexibility index (Phi) is 7.07. The van der Waals surface area contributed by atoms with Gasteiger partial charge in [-0.2, -0.15) is 0 Å². The van der Waals surface area contributed by atoms with Gasteiger partial charge in [0, 0.05) is 0 Å². The highest BCUT2D eigenvalue weighted by atomic mass is 35.5. The van der Waals surface area contributed by atoms with E-state index in [1.54, 1.807) is 0 Å². The van der Waals surface area contributed by atoms with Crippen LogP contribution in [-0.4, -0.2) is 25.8 Å². The molecule has 0 aromatic heterocycles. The van der Waals surface area contributed by atoms with Crippen molar-refractivity contribution in [3.63, 3.8) is 0 Å². The van der Waals surface area contributed by atoms with Crippen molar-refractivity contribution >= 4 is 12.4 Å². The van der Waals surface area contributed by atoms with Crippen LogP contribution < -0.4 is 5.32 Å². The van der Waals surface area contributed by atoms with Gasteiger partial charge >= 0.3 is 0 Å². The minimum absolute atomic E-state index is 0. The van der Waals surface area contributed by atoms with Gasteiger partial charge in [0.05, 0.1) is 6.61 Å². The van der Waals surface area contributed by atoms with E-state index in [0.29, 0.717) is 5.92 Å². The highest BCUT2D eigenvalue weighted by Gasteiger charge is 2.13. The van der Waals surface area contributed by atoms with Gasteiger partial charge in [0.1, 0.15) is 6.10 Å². The molecule has 0 aromatic carbocycles. The Morgan fingerprint density at radius 3 is 2.69 bits per heavy atom. The molecule has 0 amide bonds. The summed E-state index contributed by atoms with van der Waals surface area (Å²) in [5.74, 6) is 3.28. The summed E-state index contributed by atoms with van der Waals surface area (Å²) >= 11 is 0. The summed E-state index contributed by atoms with van der Waals surface area (Å²) in [6.07, 6.45) is 7.61. The van der Waals surface area contributed by atoms with Crippen LogP contribution in [0.3, 0.4) is 0 Å². The number of ether oxygens (including phenoxy) is 1. The SMILES string of the molecule is C#CC(C)OCC1CCNCC1.Cl. The molecule has 1 fully saturated rings. The van der Waals surface area contributed by atoms with Crippen molar-refractivity contribution in [1.82, 2.24) is 5.32 Å². The van der Waals surface area contributed by atoms with Crippen LogP contribution in [-0.2, 0) is 4.74 Å². The van der Waals surface area contributed by atoms with E-state index >= 15 is 0 Å². The zero-order valence-electron chi connectivity index (χ0n) is 8.08. The number of rotatable bonds is 3. The fraction of sp³-hybridized carbons (Fsp3) is 0.800. The van der Waals surface area contributed by atoms with Crippen LogP contribution >= 0.6 is 12.4 Å². The molecule has 0 aliphatic carbocycles. The van der Waals surface area contributed by atoms with Crippen LogP contribution in [0.5, 0.6) is 0 Å². The van der Waals surface area contributed by atoms with Crippen LogP contribution in [0, 0.1) is 18.3 Å². The number of nitrogens with one attached hydrogen (secondary N) is 1. The van der Waals surface area contributed by atoms with E-state index in [1.807, 2.05) is 6.92 Å². The van der Waals surface area contributed by atoms with E-state index in [0.717, 1.165) is 19.7 Å². The molecule has 2 nitrogen and oxygen atoms in total. The third-order valence-corrected chi connectivity index (χ3v) is 2.28. The normalized spacial score (nSPS) is 20.0. The van der Waals surface area contributed by atoms with E-state index in [2.05, 4.69) is 11.2 Å². The maximum atomic E-state index is 5.47. The fourth-order valence-electron chi connectivity index (χ4n) is 1.38. The van der Waals surface area contributed by atoms with Gasteiger partial charge in [0.2, 0.25) is 0 Å². The second-order valence-corrected chi connectivity index (χ2v) is 3.34. The van der Waals surface area contributed by atoms with Crippen molar-refractivity contribution in [3.05, 3.63) is 0 Å². The maximum absolute atomic E-state index is 5.47. The van der Waals surface area contributed by atoms with E-state index in [4.69, 9.17) is 11.2 Å². The molecule has 1 atom stereocenters. The summed E-state index contributed by atoms with van der Waals surface area (Å²) in [5.41, 5.74) is 0. The lowest BCUT2D eigenvalue weighted by atomic mass is 9.99. The summed E-state index contributed by atoms with van der Waals surface area (Å²) in [7, 11) is 0. The van der Waals surface area contributed by atoms with E-state index in [1.165, 1.54) is 12.8 Å². The van der Waals surface area contributed by atoms with Gasteiger partial charge in [-0.3, -0.25) is 0 Å². The Labute approximate surface area is 86.8 Å². The van der Waals surface area contributed by atoms with E-state index < -0.39 is 0 Å². The fourth-order valence-corrected chi connectivity index (χ4v) is 1.38. The predicted octanol–water partition coefficient (Wildman–Crippen LogP) is 1.45. The molecule has 0 spiro atoms. The molecule has 1 unspecified atom stereocenters. The predicted molar refractivity (Wildman–Crippen MR) is 57.1 cm³/mol. The van der Waals surface area contributed by atoms with E-state index in [9.17, 15) is 0 Å². The molecule has 0 radical (unpaired) electrons. The van der Waals surface area contributed by atoms with Crippen LogP contribution in [0.25, 0.3) is 0 Å². The molecule has 1 rings (SSSR count). The van der Waals surface area contributed by atoms with Gasteiger partial charge in [-0.1, -0.05) is 5.92 Å². The molecule has 13 heavy (non-hydrogen) atoms. The molecule has 0 aromatic rings. The molecule has 76 valence electrons. The van der Waals surface area contributed by atoms with Crippen LogP contribution in [0.15, 0.2) is 0 Å². The topological polar surface area (TPSA) is 21.3 Å². The van der Waals surface area contributed by atoms with Crippen molar-refractivity contribution in [3.8, 4) is 12.3 Å². The quantitative estimate of drug-likeness (QED) is 0.702. The summed E-state index contributed by atoms with van der Waals surface area (Å²) in [5, 5.41) is 3.32. The lowest BCUT2D eigenvalue weighted by Gasteiger charge is -2.22. The van der Waals surface area contributed by atoms with Gasteiger partial charge < -0.3 is 10.1 Å².